The molecule has 0 saturated heterocycles. The average Bonchev–Trinajstić information content (AvgIpc) is 2.58. The number of benzene rings is 2. The molecule has 0 spiro atoms. The Kier molecular flexibility index (Phi) is 4.06. The molecule has 0 aliphatic rings. The minimum Gasteiger partial charge on any atom is -0.339 e. The summed E-state index contributed by atoms with van der Waals surface area (Å²) in [4.78, 5) is 12.0. The van der Waals surface area contributed by atoms with E-state index in [-0.39, 0.29) is 5.91 Å². The third-order valence-corrected chi connectivity index (χ3v) is 2.99. The number of rotatable bonds is 4. The molecule has 5 nitrogen and oxygen atoms in total. The van der Waals surface area contributed by atoms with Crippen molar-refractivity contribution in [3.05, 3.63) is 78.4 Å². The summed E-state index contributed by atoms with van der Waals surface area (Å²) in [6.45, 7) is 0. The minimum absolute atomic E-state index is 0.210. The molecule has 108 valence electrons. The molecular formula is C17H14N4O. The van der Waals surface area contributed by atoms with E-state index >= 15 is 0 Å². The molecule has 0 aliphatic carbocycles. The smallest absolute Gasteiger partial charge is 0.256 e. The Morgan fingerprint density at radius 2 is 1.32 bits per heavy atom. The fraction of sp³-hybridized carbons (Fsp3) is 0. The summed E-state index contributed by atoms with van der Waals surface area (Å²) in [6, 6.07) is 22.1. The van der Waals surface area contributed by atoms with Crippen LogP contribution in [0.1, 0.15) is 10.4 Å². The zero-order valence-electron chi connectivity index (χ0n) is 11.7. The van der Waals surface area contributed by atoms with E-state index in [1.165, 1.54) is 0 Å². The standard InChI is InChI=1S/C17H14N4O/c22-17(13-7-3-1-4-8-13)19-16-12-11-15(20-21-16)18-14-9-5-2-6-10-14/h1-12H,(H,18,20)(H,19,21,22). The van der Waals surface area contributed by atoms with E-state index in [0.717, 1.165) is 5.69 Å². The van der Waals surface area contributed by atoms with Crippen LogP contribution in [-0.2, 0) is 0 Å². The van der Waals surface area contributed by atoms with Crippen LogP contribution >= 0.6 is 0 Å². The van der Waals surface area contributed by atoms with Gasteiger partial charge in [-0.05, 0) is 36.4 Å². The van der Waals surface area contributed by atoms with E-state index in [0.29, 0.717) is 17.2 Å². The third kappa shape index (κ3) is 3.46. The maximum Gasteiger partial charge on any atom is 0.256 e. The summed E-state index contributed by atoms with van der Waals surface area (Å²) in [7, 11) is 0. The molecule has 0 fully saturated rings. The van der Waals surface area contributed by atoms with Crippen LogP contribution in [-0.4, -0.2) is 16.1 Å². The normalized spacial score (nSPS) is 10.0. The Morgan fingerprint density at radius 1 is 0.727 bits per heavy atom. The maximum atomic E-state index is 12.0. The lowest BCUT2D eigenvalue weighted by molar-refractivity contribution is 0.102. The summed E-state index contributed by atoms with van der Waals surface area (Å²) < 4.78 is 0. The van der Waals surface area contributed by atoms with E-state index in [1.807, 2.05) is 48.5 Å². The number of hydrogen-bond acceptors (Lipinski definition) is 4. The molecule has 5 heteroatoms. The second kappa shape index (κ2) is 6.49. The third-order valence-electron chi connectivity index (χ3n) is 2.99. The predicted molar refractivity (Wildman–Crippen MR) is 86.2 cm³/mol. The Hall–Kier alpha value is -3.21. The molecule has 2 N–H and O–H groups in total. The van der Waals surface area contributed by atoms with Gasteiger partial charge in [0, 0.05) is 11.3 Å². The molecule has 2 aromatic carbocycles. The number of nitrogens with one attached hydrogen (secondary N) is 2. The van der Waals surface area contributed by atoms with Crippen LogP contribution < -0.4 is 10.6 Å². The quantitative estimate of drug-likeness (QED) is 0.772. The first kappa shape index (κ1) is 13.8. The molecule has 1 heterocycles. The molecular weight excluding hydrogens is 276 g/mol. The van der Waals surface area contributed by atoms with Gasteiger partial charge in [0.25, 0.3) is 5.91 Å². The van der Waals surface area contributed by atoms with Gasteiger partial charge >= 0.3 is 0 Å². The largest absolute Gasteiger partial charge is 0.339 e. The van der Waals surface area contributed by atoms with Gasteiger partial charge in [0.15, 0.2) is 11.6 Å². The highest BCUT2D eigenvalue weighted by atomic mass is 16.1. The Bertz CT molecular complexity index is 743. The van der Waals surface area contributed by atoms with Gasteiger partial charge in [0.05, 0.1) is 0 Å². The molecule has 1 aromatic heterocycles. The topological polar surface area (TPSA) is 66.9 Å². The number of para-hydroxylation sites is 1. The van der Waals surface area contributed by atoms with Crippen molar-refractivity contribution >= 4 is 23.2 Å². The summed E-state index contributed by atoms with van der Waals surface area (Å²) in [5, 5.41) is 13.9. The zero-order chi connectivity index (χ0) is 15.2. The molecule has 1 amide bonds. The van der Waals surface area contributed by atoms with Crippen LogP contribution in [0.3, 0.4) is 0 Å². The summed E-state index contributed by atoms with van der Waals surface area (Å²) in [5.41, 5.74) is 1.51. The Morgan fingerprint density at radius 3 is 1.95 bits per heavy atom. The van der Waals surface area contributed by atoms with Gasteiger partial charge in [0.1, 0.15) is 0 Å². The van der Waals surface area contributed by atoms with E-state index in [9.17, 15) is 4.79 Å². The highest BCUT2D eigenvalue weighted by molar-refractivity contribution is 6.03. The second-order valence-corrected chi connectivity index (χ2v) is 4.61. The van der Waals surface area contributed by atoms with Gasteiger partial charge < -0.3 is 10.6 Å². The van der Waals surface area contributed by atoms with E-state index < -0.39 is 0 Å². The van der Waals surface area contributed by atoms with Crippen molar-refractivity contribution < 1.29 is 4.79 Å². The Labute approximate surface area is 128 Å². The number of carbonyl (C=O) groups is 1. The van der Waals surface area contributed by atoms with E-state index in [2.05, 4.69) is 20.8 Å². The van der Waals surface area contributed by atoms with Crippen molar-refractivity contribution in [2.75, 3.05) is 10.6 Å². The number of amides is 1. The van der Waals surface area contributed by atoms with Gasteiger partial charge in [-0.2, -0.15) is 0 Å². The van der Waals surface area contributed by atoms with Gasteiger partial charge in [0.2, 0.25) is 0 Å². The van der Waals surface area contributed by atoms with Crippen LogP contribution in [0.5, 0.6) is 0 Å². The van der Waals surface area contributed by atoms with Crippen LogP contribution in [0.25, 0.3) is 0 Å². The molecule has 0 atom stereocenters. The molecule has 22 heavy (non-hydrogen) atoms. The first-order valence-electron chi connectivity index (χ1n) is 6.83. The molecule has 0 bridgehead atoms. The van der Waals surface area contributed by atoms with Gasteiger partial charge in [-0.25, -0.2) is 0 Å². The summed E-state index contributed by atoms with van der Waals surface area (Å²) in [5.74, 6) is 0.815. The molecule has 3 rings (SSSR count). The number of anilines is 3. The minimum atomic E-state index is -0.210. The number of aromatic nitrogens is 2. The van der Waals surface area contributed by atoms with Gasteiger partial charge in [-0.1, -0.05) is 36.4 Å². The monoisotopic (exact) mass is 290 g/mol. The molecule has 0 aliphatic heterocycles. The lowest BCUT2D eigenvalue weighted by Gasteiger charge is -2.06. The molecule has 0 unspecified atom stereocenters. The van der Waals surface area contributed by atoms with Crippen LogP contribution in [0.4, 0.5) is 17.3 Å². The van der Waals surface area contributed by atoms with E-state index in [1.54, 1.807) is 24.3 Å². The number of hydrogen-bond donors (Lipinski definition) is 2. The lowest BCUT2D eigenvalue weighted by Crippen LogP contribution is -2.13. The highest BCUT2D eigenvalue weighted by Crippen LogP contribution is 2.14. The highest BCUT2D eigenvalue weighted by Gasteiger charge is 2.06. The molecule has 0 saturated carbocycles. The fourth-order valence-corrected chi connectivity index (χ4v) is 1.91. The first-order valence-corrected chi connectivity index (χ1v) is 6.83. The van der Waals surface area contributed by atoms with Crippen molar-refractivity contribution in [1.29, 1.82) is 0 Å². The van der Waals surface area contributed by atoms with Crippen molar-refractivity contribution in [1.82, 2.24) is 10.2 Å². The first-order chi connectivity index (χ1) is 10.8. The number of carbonyl (C=O) groups excluding carboxylic acids is 1. The van der Waals surface area contributed by atoms with Crippen LogP contribution in [0.2, 0.25) is 0 Å². The zero-order valence-corrected chi connectivity index (χ0v) is 11.7. The van der Waals surface area contributed by atoms with Crippen LogP contribution in [0.15, 0.2) is 72.8 Å². The fourth-order valence-electron chi connectivity index (χ4n) is 1.91. The second-order valence-electron chi connectivity index (χ2n) is 4.61. The Balaban J connectivity index is 1.66. The van der Waals surface area contributed by atoms with Crippen molar-refractivity contribution in [2.45, 2.75) is 0 Å². The number of nitrogens with zero attached hydrogens (tertiary/aromatic N) is 2. The van der Waals surface area contributed by atoms with Crippen molar-refractivity contribution in [2.24, 2.45) is 0 Å². The summed E-state index contributed by atoms with van der Waals surface area (Å²) >= 11 is 0. The molecule has 3 aromatic rings. The van der Waals surface area contributed by atoms with Crippen LogP contribution in [0, 0.1) is 0 Å². The van der Waals surface area contributed by atoms with Crippen molar-refractivity contribution in [3.63, 3.8) is 0 Å². The van der Waals surface area contributed by atoms with E-state index in [4.69, 9.17) is 0 Å². The molecule has 0 radical (unpaired) electrons. The average molecular weight is 290 g/mol. The maximum absolute atomic E-state index is 12.0. The van der Waals surface area contributed by atoms with Gasteiger partial charge in [-0.15, -0.1) is 10.2 Å². The SMILES string of the molecule is O=C(Nc1ccc(Nc2ccccc2)nn1)c1ccccc1. The van der Waals surface area contributed by atoms with Crippen molar-refractivity contribution in [3.8, 4) is 0 Å². The summed E-state index contributed by atoms with van der Waals surface area (Å²) in [6.07, 6.45) is 0. The lowest BCUT2D eigenvalue weighted by atomic mass is 10.2. The predicted octanol–water partition coefficient (Wildman–Crippen LogP) is 3.47. The van der Waals surface area contributed by atoms with Gasteiger partial charge in [-0.3, -0.25) is 4.79 Å².